The Labute approximate surface area is 141 Å². The molecule has 0 unspecified atom stereocenters. The summed E-state index contributed by atoms with van der Waals surface area (Å²) in [4.78, 5) is 4.97. The molecule has 2 aromatic rings. The van der Waals surface area contributed by atoms with Crippen LogP contribution in [0.3, 0.4) is 0 Å². The van der Waals surface area contributed by atoms with Crippen molar-refractivity contribution in [3.63, 3.8) is 0 Å². The Morgan fingerprint density at radius 1 is 1.08 bits per heavy atom. The largest absolute Gasteiger partial charge is 0.493 e. The minimum absolute atomic E-state index is 0.0807. The maximum absolute atomic E-state index is 12.4. The summed E-state index contributed by atoms with van der Waals surface area (Å²) in [6, 6.07) is 11.2. The molecular formula is C17H19NO5S. The molecule has 0 N–H and O–H groups in total. The first-order valence-corrected chi connectivity index (χ1v) is 8.71. The average Bonchev–Trinajstić information content (AvgIpc) is 2.56. The lowest BCUT2D eigenvalue weighted by atomic mass is 10.2. The van der Waals surface area contributed by atoms with Crippen molar-refractivity contribution < 1.29 is 22.2 Å². The lowest BCUT2D eigenvalue weighted by Crippen LogP contribution is -2.10. The van der Waals surface area contributed by atoms with Crippen LogP contribution >= 0.6 is 0 Å². The number of oxime groups is 1. The van der Waals surface area contributed by atoms with Crippen LogP contribution in [0.4, 0.5) is 0 Å². The van der Waals surface area contributed by atoms with E-state index in [0.29, 0.717) is 12.2 Å². The number of rotatable bonds is 7. The van der Waals surface area contributed by atoms with Crippen molar-refractivity contribution in [3.05, 3.63) is 53.6 Å². The molecule has 0 aromatic heterocycles. The summed E-state index contributed by atoms with van der Waals surface area (Å²) in [5.74, 6) is 0.387. The number of hydrogen-bond acceptors (Lipinski definition) is 6. The molecule has 0 aliphatic rings. The maximum atomic E-state index is 12.4. The lowest BCUT2D eigenvalue weighted by Gasteiger charge is -2.11. The summed E-state index contributed by atoms with van der Waals surface area (Å²) in [7, 11) is -2.50. The molecule has 6 nitrogen and oxygen atoms in total. The topological polar surface area (TPSA) is 74.2 Å². The molecule has 0 heterocycles. The van der Waals surface area contributed by atoms with Gasteiger partial charge in [0.25, 0.3) is 0 Å². The predicted octanol–water partition coefficient (Wildman–Crippen LogP) is 3.14. The van der Waals surface area contributed by atoms with E-state index in [4.69, 9.17) is 13.8 Å². The molecule has 128 valence electrons. The van der Waals surface area contributed by atoms with Crippen LogP contribution in [-0.2, 0) is 15.0 Å². The number of nitrogens with zero attached hydrogens (tertiary/aromatic N) is 1. The van der Waals surface area contributed by atoms with Crippen LogP contribution in [0.2, 0.25) is 0 Å². The first kappa shape index (κ1) is 17.8. The molecule has 0 spiro atoms. The number of hydrogen-bond donors (Lipinski definition) is 0. The van der Waals surface area contributed by atoms with Crippen LogP contribution in [-0.4, -0.2) is 28.3 Å². The van der Waals surface area contributed by atoms with Gasteiger partial charge in [0.05, 0.1) is 13.3 Å². The molecule has 24 heavy (non-hydrogen) atoms. The van der Waals surface area contributed by atoms with E-state index in [2.05, 4.69) is 5.16 Å². The quantitative estimate of drug-likeness (QED) is 0.436. The minimum Gasteiger partial charge on any atom is -0.493 e. The molecule has 0 fully saturated rings. The second-order valence-corrected chi connectivity index (χ2v) is 6.46. The minimum atomic E-state index is -3.93. The standard InChI is InChI=1S/C17H19NO5S/c1-4-22-18-12-14-7-10-16(17(11-14)21-3)23-24(19,20)15-8-5-13(2)6-9-15/h5-12H,4H2,1-3H3/b18-12+. The molecule has 2 aromatic carbocycles. The van der Waals surface area contributed by atoms with Gasteiger partial charge in [-0.2, -0.15) is 8.42 Å². The zero-order chi connectivity index (χ0) is 17.6. The Morgan fingerprint density at radius 3 is 2.42 bits per heavy atom. The van der Waals surface area contributed by atoms with Gasteiger partial charge in [0, 0.05) is 5.56 Å². The van der Waals surface area contributed by atoms with Crippen molar-refractivity contribution in [1.29, 1.82) is 0 Å². The first-order valence-electron chi connectivity index (χ1n) is 7.31. The van der Waals surface area contributed by atoms with Gasteiger partial charge in [-0.3, -0.25) is 0 Å². The Hall–Kier alpha value is -2.54. The van der Waals surface area contributed by atoms with Crippen molar-refractivity contribution in [2.45, 2.75) is 18.7 Å². The monoisotopic (exact) mass is 349 g/mol. The second kappa shape index (κ2) is 7.83. The average molecular weight is 349 g/mol. The Balaban J connectivity index is 2.26. The van der Waals surface area contributed by atoms with E-state index in [1.807, 2.05) is 13.8 Å². The molecule has 0 saturated carbocycles. The lowest BCUT2D eigenvalue weighted by molar-refractivity contribution is 0.160. The van der Waals surface area contributed by atoms with Crippen molar-refractivity contribution in [1.82, 2.24) is 0 Å². The van der Waals surface area contributed by atoms with Gasteiger partial charge < -0.3 is 13.8 Å². The van der Waals surface area contributed by atoms with Crippen LogP contribution in [0.1, 0.15) is 18.1 Å². The summed E-state index contributed by atoms with van der Waals surface area (Å²) in [5.41, 5.74) is 1.66. The highest BCUT2D eigenvalue weighted by atomic mass is 32.2. The van der Waals surface area contributed by atoms with E-state index in [-0.39, 0.29) is 16.4 Å². The summed E-state index contributed by atoms with van der Waals surface area (Å²) < 4.78 is 35.1. The Bertz CT molecular complexity index is 813. The normalized spacial score (nSPS) is 11.5. The van der Waals surface area contributed by atoms with Gasteiger partial charge in [0.2, 0.25) is 0 Å². The molecule has 0 saturated heterocycles. The molecule has 0 bridgehead atoms. The van der Waals surface area contributed by atoms with Crippen LogP contribution in [0, 0.1) is 6.92 Å². The van der Waals surface area contributed by atoms with Crippen LogP contribution in [0.25, 0.3) is 0 Å². The maximum Gasteiger partial charge on any atom is 0.339 e. The third-order valence-corrected chi connectivity index (χ3v) is 4.35. The van der Waals surface area contributed by atoms with Crippen molar-refractivity contribution >= 4 is 16.3 Å². The number of aryl methyl sites for hydroxylation is 1. The Kier molecular flexibility index (Phi) is 5.81. The van der Waals surface area contributed by atoms with Gasteiger partial charge in [-0.25, -0.2) is 0 Å². The van der Waals surface area contributed by atoms with Crippen molar-refractivity contribution in [3.8, 4) is 11.5 Å². The van der Waals surface area contributed by atoms with E-state index < -0.39 is 10.1 Å². The van der Waals surface area contributed by atoms with Crippen LogP contribution in [0.15, 0.2) is 52.5 Å². The summed E-state index contributed by atoms with van der Waals surface area (Å²) in [5, 5.41) is 3.76. The number of benzene rings is 2. The first-order chi connectivity index (χ1) is 11.5. The van der Waals surface area contributed by atoms with Gasteiger partial charge in [0.15, 0.2) is 11.5 Å². The molecule has 7 heteroatoms. The highest BCUT2D eigenvalue weighted by Gasteiger charge is 2.19. The van der Waals surface area contributed by atoms with Crippen molar-refractivity contribution in [2.24, 2.45) is 5.16 Å². The molecule has 2 rings (SSSR count). The van der Waals surface area contributed by atoms with Gasteiger partial charge >= 0.3 is 10.1 Å². The summed E-state index contributed by atoms with van der Waals surface area (Å²) in [6.07, 6.45) is 1.50. The van der Waals surface area contributed by atoms with Crippen molar-refractivity contribution in [2.75, 3.05) is 13.7 Å². The third-order valence-electron chi connectivity index (χ3n) is 3.10. The molecule has 0 radical (unpaired) electrons. The fourth-order valence-corrected chi connectivity index (χ4v) is 2.82. The predicted molar refractivity (Wildman–Crippen MR) is 91.2 cm³/mol. The van der Waals surface area contributed by atoms with Crippen LogP contribution < -0.4 is 8.92 Å². The number of methoxy groups -OCH3 is 1. The van der Waals surface area contributed by atoms with E-state index in [9.17, 15) is 8.42 Å². The third kappa shape index (κ3) is 4.48. The summed E-state index contributed by atoms with van der Waals surface area (Å²) >= 11 is 0. The van der Waals surface area contributed by atoms with Gasteiger partial charge in [-0.1, -0.05) is 22.9 Å². The van der Waals surface area contributed by atoms with Gasteiger partial charge in [-0.15, -0.1) is 0 Å². The highest BCUT2D eigenvalue weighted by molar-refractivity contribution is 7.87. The van der Waals surface area contributed by atoms with Gasteiger partial charge in [0.1, 0.15) is 11.5 Å². The second-order valence-electron chi connectivity index (χ2n) is 4.91. The SMILES string of the molecule is CCO/N=C/c1ccc(OS(=O)(=O)c2ccc(C)cc2)c(OC)c1. The molecule has 0 amide bonds. The van der Waals surface area contributed by atoms with Gasteiger partial charge in [-0.05, 0) is 44.2 Å². The molecule has 0 atom stereocenters. The molecule has 0 aliphatic carbocycles. The van der Waals surface area contributed by atoms with E-state index in [1.54, 1.807) is 24.3 Å². The number of ether oxygens (including phenoxy) is 1. The smallest absolute Gasteiger partial charge is 0.339 e. The molecule has 0 aliphatic heterocycles. The summed E-state index contributed by atoms with van der Waals surface area (Å²) in [6.45, 7) is 4.16. The fraction of sp³-hybridized carbons (Fsp3) is 0.235. The van der Waals surface area contributed by atoms with E-state index >= 15 is 0 Å². The highest BCUT2D eigenvalue weighted by Crippen LogP contribution is 2.30. The van der Waals surface area contributed by atoms with E-state index in [1.165, 1.54) is 31.5 Å². The zero-order valence-electron chi connectivity index (χ0n) is 13.7. The fourth-order valence-electron chi connectivity index (χ4n) is 1.88. The van der Waals surface area contributed by atoms with Crippen LogP contribution in [0.5, 0.6) is 11.5 Å². The Morgan fingerprint density at radius 2 is 1.79 bits per heavy atom. The zero-order valence-corrected chi connectivity index (χ0v) is 14.5. The molecular weight excluding hydrogens is 330 g/mol. The van der Waals surface area contributed by atoms with E-state index in [0.717, 1.165) is 5.56 Å².